The molecule has 4 rings (SSSR count). The van der Waals surface area contributed by atoms with Crippen LogP contribution in [0.2, 0.25) is 0 Å². The molecule has 0 saturated carbocycles. The van der Waals surface area contributed by atoms with Gasteiger partial charge in [-0.05, 0) is 50.1 Å². The maximum Gasteiger partial charge on any atom is 0.573 e. The maximum atomic E-state index is 12.9. The summed E-state index contributed by atoms with van der Waals surface area (Å²) in [6.45, 7) is 3.83. The van der Waals surface area contributed by atoms with Crippen LogP contribution >= 0.6 is 0 Å². The first-order valence-electron chi connectivity index (χ1n) is 10.5. The average Bonchev–Trinajstić information content (AvgIpc) is 3.38. The number of nitrogens with zero attached hydrogens (tertiary/aromatic N) is 4. The van der Waals surface area contributed by atoms with Gasteiger partial charge in [0.1, 0.15) is 24.3 Å². The number of urea groups is 1. The number of benzene rings is 1. The summed E-state index contributed by atoms with van der Waals surface area (Å²) in [5.74, 6) is -0.386. The van der Waals surface area contributed by atoms with Crippen LogP contribution in [0.25, 0.3) is 0 Å². The predicted molar refractivity (Wildman–Crippen MR) is 112 cm³/mol. The van der Waals surface area contributed by atoms with Crippen LogP contribution < -0.4 is 14.4 Å². The van der Waals surface area contributed by atoms with E-state index in [2.05, 4.69) is 14.6 Å². The van der Waals surface area contributed by atoms with E-state index in [1.54, 1.807) is 18.5 Å². The predicted octanol–water partition coefficient (Wildman–Crippen LogP) is 3.77. The summed E-state index contributed by atoms with van der Waals surface area (Å²) < 4.78 is 47.0. The lowest BCUT2D eigenvalue weighted by Gasteiger charge is -2.26. The number of alkyl halides is 3. The third kappa shape index (κ3) is 5.36. The number of imide groups is 1. The summed E-state index contributed by atoms with van der Waals surface area (Å²) >= 11 is 0. The summed E-state index contributed by atoms with van der Waals surface area (Å²) in [5.41, 5.74) is 0.865. The van der Waals surface area contributed by atoms with E-state index in [1.807, 2.05) is 6.92 Å². The van der Waals surface area contributed by atoms with Crippen molar-refractivity contribution in [2.45, 2.75) is 38.9 Å². The molecule has 11 heteroatoms. The van der Waals surface area contributed by atoms with Gasteiger partial charge in [0.05, 0.1) is 18.4 Å². The molecule has 2 aliphatic heterocycles. The zero-order chi connectivity index (χ0) is 23.6. The van der Waals surface area contributed by atoms with Crippen molar-refractivity contribution < 1.29 is 32.2 Å². The highest BCUT2D eigenvalue weighted by atomic mass is 19.4. The number of anilines is 1. The molecule has 3 amide bonds. The molecule has 0 N–H and O–H groups in total. The Bertz CT molecular complexity index is 1010. The molecule has 3 heterocycles. The van der Waals surface area contributed by atoms with Gasteiger partial charge in [0.2, 0.25) is 0 Å². The largest absolute Gasteiger partial charge is 0.573 e. The summed E-state index contributed by atoms with van der Waals surface area (Å²) in [6.07, 6.45) is 0.437. The van der Waals surface area contributed by atoms with E-state index in [-0.39, 0.29) is 25.0 Å². The third-order valence-corrected chi connectivity index (χ3v) is 5.55. The van der Waals surface area contributed by atoms with E-state index >= 15 is 0 Å². The second kappa shape index (κ2) is 9.26. The first-order valence-corrected chi connectivity index (χ1v) is 10.5. The molecular weight excluding hydrogens is 441 g/mol. The Labute approximate surface area is 188 Å². The van der Waals surface area contributed by atoms with Gasteiger partial charge in [-0.3, -0.25) is 14.7 Å². The first-order chi connectivity index (χ1) is 15.7. The van der Waals surface area contributed by atoms with Crippen LogP contribution in [0.15, 0.2) is 42.7 Å². The number of rotatable bonds is 7. The van der Waals surface area contributed by atoms with E-state index < -0.39 is 24.1 Å². The fraction of sp³-hybridized carbons (Fsp3) is 0.409. The van der Waals surface area contributed by atoms with Gasteiger partial charge in [0, 0.05) is 24.8 Å². The van der Waals surface area contributed by atoms with Gasteiger partial charge < -0.3 is 14.4 Å². The number of hydrogen-bond acceptors (Lipinski definition) is 6. The summed E-state index contributed by atoms with van der Waals surface area (Å²) in [5, 5.41) is 0. The Kier molecular flexibility index (Phi) is 6.41. The molecule has 1 aromatic heterocycles. The second-order valence-corrected chi connectivity index (χ2v) is 7.85. The van der Waals surface area contributed by atoms with Gasteiger partial charge >= 0.3 is 12.4 Å². The van der Waals surface area contributed by atoms with Crippen LogP contribution in [0.5, 0.6) is 11.5 Å². The van der Waals surface area contributed by atoms with Crippen molar-refractivity contribution in [3.63, 3.8) is 0 Å². The smallest absolute Gasteiger partial charge is 0.473 e. The lowest BCUT2D eigenvalue weighted by Crippen LogP contribution is -2.35. The molecule has 2 aliphatic rings. The van der Waals surface area contributed by atoms with Crippen LogP contribution in [0.4, 0.5) is 23.7 Å². The highest BCUT2D eigenvalue weighted by Crippen LogP contribution is 2.29. The normalized spacial score (nSPS) is 18.2. The van der Waals surface area contributed by atoms with Crippen molar-refractivity contribution in [2.24, 2.45) is 0 Å². The molecule has 2 fully saturated rings. The molecule has 176 valence electrons. The minimum absolute atomic E-state index is 0.126. The molecule has 0 aliphatic carbocycles. The molecule has 1 atom stereocenters. The van der Waals surface area contributed by atoms with Crippen molar-refractivity contribution in [2.75, 3.05) is 24.5 Å². The van der Waals surface area contributed by atoms with Gasteiger partial charge in [-0.2, -0.15) is 0 Å². The zero-order valence-corrected chi connectivity index (χ0v) is 17.9. The fourth-order valence-electron chi connectivity index (χ4n) is 3.94. The molecule has 33 heavy (non-hydrogen) atoms. The number of carbonyl (C=O) groups excluding carboxylic acids is 2. The number of aromatic nitrogens is 1. The van der Waals surface area contributed by atoms with E-state index in [4.69, 9.17) is 4.74 Å². The van der Waals surface area contributed by atoms with Crippen LogP contribution in [-0.2, 0) is 11.3 Å². The molecule has 2 saturated heterocycles. The van der Waals surface area contributed by atoms with Gasteiger partial charge in [0.25, 0.3) is 5.91 Å². The number of likely N-dealkylation sites (tertiary alicyclic amines) is 1. The Morgan fingerprint density at radius 2 is 1.79 bits per heavy atom. The van der Waals surface area contributed by atoms with Crippen molar-refractivity contribution in [3.05, 3.63) is 48.3 Å². The standard InChI is InChI=1S/C22H23F3N4O4/c1-15(27-10-2-3-11-27)32-19-12-26-9-8-16(19)13-28-14-20(30)29(21(28)31)17-4-6-18(7-5-17)33-22(23,24)25/h4-9,12,15H,2-3,10-11,13-14H2,1H3. The Morgan fingerprint density at radius 3 is 2.45 bits per heavy atom. The molecule has 8 nitrogen and oxygen atoms in total. The van der Waals surface area contributed by atoms with Gasteiger partial charge in [-0.1, -0.05) is 0 Å². The SMILES string of the molecule is CC(Oc1cnccc1CN1CC(=O)N(c2ccc(OC(F)(F)F)cc2)C1=O)N1CCCC1. The third-order valence-electron chi connectivity index (χ3n) is 5.55. The highest BCUT2D eigenvalue weighted by molar-refractivity contribution is 6.19. The molecule has 0 radical (unpaired) electrons. The lowest BCUT2D eigenvalue weighted by atomic mass is 10.2. The second-order valence-electron chi connectivity index (χ2n) is 7.85. The average molecular weight is 464 g/mol. The van der Waals surface area contributed by atoms with Crippen molar-refractivity contribution in [1.29, 1.82) is 0 Å². The molecule has 1 unspecified atom stereocenters. The van der Waals surface area contributed by atoms with E-state index in [1.165, 1.54) is 17.0 Å². The van der Waals surface area contributed by atoms with Crippen molar-refractivity contribution >= 4 is 17.6 Å². The van der Waals surface area contributed by atoms with Gasteiger partial charge in [-0.25, -0.2) is 9.69 Å². The van der Waals surface area contributed by atoms with E-state index in [9.17, 15) is 22.8 Å². The van der Waals surface area contributed by atoms with Crippen molar-refractivity contribution in [1.82, 2.24) is 14.8 Å². The van der Waals surface area contributed by atoms with Gasteiger partial charge in [0.15, 0.2) is 0 Å². The first kappa shape index (κ1) is 22.8. The van der Waals surface area contributed by atoms with Crippen molar-refractivity contribution in [3.8, 4) is 11.5 Å². The van der Waals surface area contributed by atoms with Crippen LogP contribution in [0.1, 0.15) is 25.3 Å². The number of amides is 3. The number of halogens is 3. The Balaban J connectivity index is 1.45. The monoisotopic (exact) mass is 464 g/mol. The molecular formula is C22H23F3N4O4. The summed E-state index contributed by atoms with van der Waals surface area (Å²) in [6, 6.07) is 5.74. The Morgan fingerprint density at radius 1 is 1.09 bits per heavy atom. The number of carbonyl (C=O) groups is 2. The molecule has 2 aromatic rings. The topological polar surface area (TPSA) is 75.2 Å². The van der Waals surface area contributed by atoms with E-state index in [0.717, 1.165) is 43.0 Å². The Hall–Kier alpha value is -3.34. The molecule has 1 aromatic carbocycles. The summed E-state index contributed by atoms with van der Waals surface area (Å²) in [4.78, 5) is 34.1. The number of hydrogen-bond donors (Lipinski definition) is 0. The number of ether oxygens (including phenoxy) is 2. The van der Waals surface area contributed by atoms with Crippen LogP contribution in [-0.4, -0.2) is 58.9 Å². The fourth-order valence-corrected chi connectivity index (χ4v) is 3.94. The molecule has 0 spiro atoms. The molecule has 0 bridgehead atoms. The maximum absolute atomic E-state index is 12.9. The lowest BCUT2D eigenvalue weighted by molar-refractivity contribution is -0.274. The highest BCUT2D eigenvalue weighted by Gasteiger charge is 2.38. The number of pyridine rings is 1. The quantitative estimate of drug-likeness (QED) is 0.581. The minimum atomic E-state index is -4.83. The minimum Gasteiger partial charge on any atom is -0.473 e. The van der Waals surface area contributed by atoms with E-state index in [0.29, 0.717) is 11.3 Å². The summed E-state index contributed by atoms with van der Waals surface area (Å²) in [7, 11) is 0. The van der Waals surface area contributed by atoms with Crippen LogP contribution in [0.3, 0.4) is 0 Å². The zero-order valence-electron chi connectivity index (χ0n) is 17.9. The van der Waals surface area contributed by atoms with Crippen LogP contribution in [0, 0.1) is 0 Å². The van der Waals surface area contributed by atoms with Gasteiger partial charge in [-0.15, -0.1) is 13.2 Å².